The molecule has 0 aliphatic carbocycles. The first-order valence-electron chi connectivity index (χ1n) is 6.56. The molecular formula is C14H16BrF3N2O2. The molecule has 1 amide bonds. The number of fused-ring (bicyclic) bond motifs is 1. The number of nitrogen functional groups attached to an aromatic ring is 1. The van der Waals surface area contributed by atoms with Gasteiger partial charge in [-0.1, -0.05) is 0 Å². The van der Waals surface area contributed by atoms with Gasteiger partial charge in [-0.05, 0) is 53.4 Å². The molecule has 1 aromatic rings. The van der Waals surface area contributed by atoms with Gasteiger partial charge in [-0.2, -0.15) is 13.2 Å². The van der Waals surface area contributed by atoms with Crippen molar-refractivity contribution in [2.75, 3.05) is 19.4 Å². The van der Waals surface area contributed by atoms with Crippen LogP contribution < -0.4 is 10.5 Å². The molecule has 0 saturated carbocycles. The third-order valence-corrected chi connectivity index (χ3v) is 4.90. The molecule has 1 aliphatic rings. The Kier molecular flexibility index (Phi) is 4.10. The van der Waals surface area contributed by atoms with E-state index in [1.165, 1.54) is 7.11 Å². The van der Waals surface area contributed by atoms with Crippen LogP contribution in [0.15, 0.2) is 10.5 Å². The van der Waals surface area contributed by atoms with Crippen LogP contribution in [-0.4, -0.2) is 30.6 Å². The molecule has 8 heteroatoms. The Bertz CT molecular complexity index is 629. The molecule has 0 unspecified atom stereocenters. The number of hydrogen-bond donors (Lipinski definition) is 1. The lowest BCUT2D eigenvalue weighted by Crippen LogP contribution is -2.54. The van der Waals surface area contributed by atoms with Crippen LogP contribution in [0.2, 0.25) is 0 Å². The van der Waals surface area contributed by atoms with Crippen molar-refractivity contribution < 1.29 is 22.7 Å². The van der Waals surface area contributed by atoms with Gasteiger partial charge in [0.1, 0.15) is 5.75 Å². The predicted octanol–water partition coefficient (Wildman–Crippen LogP) is 3.22. The second-order valence-corrected chi connectivity index (χ2v) is 6.39. The molecule has 0 atom stereocenters. The van der Waals surface area contributed by atoms with Gasteiger partial charge in [0.2, 0.25) is 0 Å². The van der Waals surface area contributed by atoms with Gasteiger partial charge in [0.05, 0.1) is 18.3 Å². The van der Waals surface area contributed by atoms with E-state index in [4.69, 9.17) is 10.5 Å². The van der Waals surface area contributed by atoms with E-state index in [0.29, 0.717) is 21.5 Å². The molecule has 0 bridgehead atoms. The summed E-state index contributed by atoms with van der Waals surface area (Å²) in [5.74, 6) is -1.48. The van der Waals surface area contributed by atoms with Crippen LogP contribution in [0.3, 0.4) is 0 Å². The van der Waals surface area contributed by atoms with E-state index in [9.17, 15) is 18.0 Å². The van der Waals surface area contributed by atoms with Gasteiger partial charge in [0.15, 0.2) is 0 Å². The number of alkyl halides is 3. The van der Waals surface area contributed by atoms with Gasteiger partial charge in [-0.3, -0.25) is 4.79 Å². The van der Waals surface area contributed by atoms with Crippen molar-refractivity contribution in [2.45, 2.75) is 32.0 Å². The van der Waals surface area contributed by atoms with Crippen molar-refractivity contribution in [3.05, 3.63) is 21.7 Å². The smallest absolute Gasteiger partial charge is 0.471 e. The number of methoxy groups -OCH3 is 1. The number of anilines is 1. The van der Waals surface area contributed by atoms with Gasteiger partial charge in [0, 0.05) is 11.0 Å². The third-order valence-electron chi connectivity index (χ3n) is 3.99. The van der Waals surface area contributed by atoms with Crippen molar-refractivity contribution in [2.24, 2.45) is 0 Å². The Balaban J connectivity index is 2.59. The fraction of sp³-hybridized carbons (Fsp3) is 0.500. The summed E-state index contributed by atoms with van der Waals surface area (Å²) >= 11 is 3.38. The molecule has 0 aromatic heterocycles. The molecule has 1 aromatic carbocycles. The van der Waals surface area contributed by atoms with Crippen LogP contribution in [0.1, 0.15) is 25.0 Å². The van der Waals surface area contributed by atoms with Crippen molar-refractivity contribution in [1.82, 2.24) is 4.90 Å². The number of rotatable bonds is 1. The first kappa shape index (κ1) is 16.9. The lowest BCUT2D eigenvalue weighted by atomic mass is 9.82. The van der Waals surface area contributed by atoms with Crippen LogP contribution in [0.5, 0.6) is 5.75 Å². The van der Waals surface area contributed by atoms with Gasteiger partial charge in [0.25, 0.3) is 0 Å². The minimum absolute atomic E-state index is 0.0251. The average Bonchev–Trinajstić information content (AvgIpc) is 2.41. The van der Waals surface area contributed by atoms with E-state index in [0.717, 1.165) is 10.5 Å². The number of halogens is 4. The highest BCUT2D eigenvalue weighted by atomic mass is 79.9. The molecule has 4 nitrogen and oxygen atoms in total. The van der Waals surface area contributed by atoms with E-state index in [-0.39, 0.29) is 13.0 Å². The Morgan fingerprint density at radius 2 is 2.05 bits per heavy atom. The molecule has 1 heterocycles. The van der Waals surface area contributed by atoms with Gasteiger partial charge < -0.3 is 15.4 Å². The summed E-state index contributed by atoms with van der Waals surface area (Å²) in [6.07, 6.45) is -4.61. The SMILES string of the molecule is COc1cc2c(c(Br)c1N)CCN(C(=O)C(F)(F)F)C2(C)C. The number of hydrogen-bond acceptors (Lipinski definition) is 3. The maximum absolute atomic E-state index is 12.8. The number of nitrogens with two attached hydrogens (primary N) is 1. The summed E-state index contributed by atoms with van der Waals surface area (Å²) in [5.41, 5.74) is 6.60. The fourth-order valence-corrected chi connectivity index (χ4v) is 3.41. The number of carbonyl (C=O) groups is 1. The summed E-state index contributed by atoms with van der Waals surface area (Å²) < 4.78 is 44.2. The topological polar surface area (TPSA) is 55.6 Å². The Labute approximate surface area is 134 Å². The van der Waals surface area contributed by atoms with Crippen LogP contribution in [0, 0.1) is 0 Å². The van der Waals surface area contributed by atoms with E-state index in [1.54, 1.807) is 19.9 Å². The quantitative estimate of drug-likeness (QED) is 0.761. The maximum Gasteiger partial charge on any atom is 0.471 e. The number of carbonyl (C=O) groups excluding carboxylic acids is 1. The normalized spacial score (nSPS) is 17.1. The van der Waals surface area contributed by atoms with E-state index in [2.05, 4.69) is 15.9 Å². The monoisotopic (exact) mass is 380 g/mol. The summed E-state index contributed by atoms with van der Waals surface area (Å²) in [6.45, 7) is 3.14. The summed E-state index contributed by atoms with van der Waals surface area (Å²) in [4.78, 5) is 12.5. The Hall–Kier alpha value is -1.44. The standard InChI is InChI=1S/C14H16BrF3N2O2/c1-13(2)8-6-9(22-3)11(19)10(15)7(8)4-5-20(13)12(21)14(16,17)18/h6H,4-5,19H2,1-3H3. The number of ether oxygens (including phenoxy) is 1. The summed E-state index contributed by atoms with van der Waals surface area (Å²) in [6, 6.07) is 1.60. The van der Waals surface area contributed by atoms with Crippen molar-refractivity contribution in [3.8, 4) is 5.75 Å². The average molecular weight is 381 g/mol. The number of benzene rings is 1. The van der Waals surface area contributed by atoms with E-state index in [1.807, 2.05) is 0 Å². The molecule has 1 aliphatic heterocycles. The molecule has 0 saturated heterocycles. The first-order valence-corrected chi connectivity index (χ1v) is 7.35. The van der Waals surface area contributed by atoms with Crippen LogP contribution in [0.25, 0.3) is 0 Å². The van der Waals surface area contributed by atoms with Gasteiger partial charge in [-0.25, -0.2) is 0 Å². The lowest BCUT2D eigenvalue weighted by Gasteiger charge is -2.44. The molecule has 0 fully saturated rings. The molecule has 122 valence electrons. The largest absolute Gasteiger partial charge is 0.495 e. The minimum atomic E-state index is -4.90. The van der Waals surface area contributed by atoms with Crippen molar-refractivity contribution in [3.63, 3.8) is 0 Å². The lowest BCUT2D eigenvalue weighted by molar-refractivity contribution is -0.191. The molecule has 22 heavy (non-hydrogen) atoms. The zero-order chi connectivity index (χ0) is 16.9. The molecular weight excluding hydrogens is 365 g/mol. The number of amides is 1. The maximum atomic E-state index is 12.8. The van der Waals surface area contributed by atoms with E-state index >= 15 is 0 Å². The van der Waals surface area contributed by atoms with E-state index < -0.39 is 17.6 Å². The third kappa shape index (κ3) is 2.53. The van der Waals surface area contributed by atoms with Crippen molar-refractivity contribution >= 4 is 27.5 Å². The summed E-state index contributed by atoms with van der Waals surface area (Å²) in [7, 11) is 1.43. The fourth-order valence-electron chi connectivity index (χ4n) is 2.80. The minimum Gasteiger partial charge on any atom is -0.495 e. The van der Waals surface area contributed by atoms with Gasteiger partial charge in [-0.15, -0.1) is 0 Å². The molecule has 2 N–H and O–H groups in total. The van der Waals surface area contributed by atoms with Crippen molar-refractivity contribution in [1.29, 1.82) is 0 Å². The molecule has 0 spiro atoms. The summed E-state index contributed by atoms with van der Waals surface area (Å²) in [5, 5.41) is 0. The zero-order valence-corrected chi connectivity index (χ0v) is 13.9. The second-order valence-electron chi connectivity index (χ2n) is 5.60. The van der Waals surface area contributed by atoms with Crippen LogP contribution in [0.4, 0.5) is 18.9 Å². The number of nitrogens with zero attached hydrogens (tertiary/aromatic N) is 1. The molecule has 2 rings (SSSR count). The highest BCUT2D eigenvalue weighted by Gasteiger charge is 2.49. The Morgan fingerprint density at radius 1 is 1.45 bits per heavy atom. The van der Waals surface area contributed by atoms with Crippen LogP contribution >= 0.6 is 15.9 Å². The first-order chi connectivity index (χ1) is 10.0. The zero-order valence-electron chi connectivity index (χ0n) is 12.3. The second kappa shape index (κ2) is 5.33. The van der Waals surface area contributed by atoms with Crippen LogP contribution in [-0.2, 0) is 16.8 Å². The highest BCUT2D eigenvalue weighted by molar-refractivity contribution is 9.10. The Morgan fingerprint density at radius 3 is 2.55 bits per heavy atom. The highest BCUT2D eigenvalue weighted by Crippen LogP contribution is 2.45. The predicted molar refractivity (Wildman–Crippen MR) is 79.6 cm³/mol. The van der Waals surface area contributed by atoms with Gasteiger partial charge >= 0.3 is 12.1 Å². The molecule has 0 radical (unpaired) electrons.